The van der Waals surface area contributed by atoms with Gasteiger partial charge in [-0.3, -0.25) is 4.79 Å². The molecule has 2 aromatic carbocycles. The van der Waals surface area contributed by atoms with Crippen molar-refractivity contribution in [2.45, 2.75) is 31.6 Å². The molecule has 0 bridgehead atoms. The third-order valence-electron chi connectivity index (χ3n) is 5.01. The molecule has 6 heteroatoms. The van der Waals surface area contributed by atoms with Crippen molar-refractivity contribution in [3.8, 4) is 0 Å². The minimum Gasteiger partial charge on any atom is -0.323 e. The lowest BCUT2D eigenvalue weighted by Crippen LogP contribution is -2.37. The Labute approximate surface area is 167 Å². The summed E-state index contributed by atoms with van der Waals surface area (Å²) in [5.74, 6) is 0.304. The van der Waals surface area contributed by atoms with Crippen LogP contribution in [0.25, 0.3) is 6.08 Å². The highest BCUT2D eigenvalue weighted by Gasteiger charge is 2.27. The van der Waals surface area contributed by atoms with Crippen molar-refractivity contribution in [1.82, 2.24) is 4.31 Å². The molecule has 1 fully saturated rings. The topological polar surface area (TPSA) is 66.5 Å². The summed E-state index contributed by atoms with van der Waals surface area (Å²) >= 11 is 0. The smallest absolute Gasteiger partial charge is 0.248 e. The molecule has 1 heterocycles. The highest BCUT2D eigenvalue weighted by molar-refractivity contribution is 7.89. The number of benzene rings is 2. The third-order valence-corrected chi connectivity index (χ3v) is 6.92. The molecular weight excluding hydrogens is 372 g/mol. The number of nitrogens with one attached hydrogen (secondary N) is 1. The van der Waals surface area contributed by atoms with Crippen LogP contribution >= 0.6 is 0 Å². The first-order chi connectivity index (χ1) is 13.3. The van der Waals surface area contributed by atoms with Crippen molar-refractivity contribution < 1.29 is 13.2 Å². The molecule has 148 valence electrons. The van der Waals surface area contributed by atoms with Gasteiger partial charge in [-0.1, -0.05) is 36.8 Å². The van der Waals surface area contributed by atoms with E-state index in [9.17, 15) is 13.2 Å². The van der Waals surface area contributed by atoms with E-state index in [1.54, 1.807) is 34.6 Å². The number of sulfonamides is 1. The predicted molar refractivity (Wildman–Crippen MR) is 112 cm³/mol. The highest BCUT2D eigenvalue weighted by atomic mass is 32.2. The summed E-state index contributed by atoms with van der Waals surface area (Å²) in [5.41, 5.74) is 2.67. The Morgan fingerprint density at radius 3 is 2.25 bits per heavy atom. The molecule has 1 N–H and O–H groups in total. The average Bonchev–Trinajstić information content (AvgIpc) is 2.68. The molecule has 0 atom stereocenters. The van der Waals surface area contributed by atoms with Crippen LogP contribution in [-0.2, 0) is 14.8 Å². The van der Waals surface area contributed by atoms with E-state index in [0.717, 1.165) is 24.0 Å². The Hall–Kier alpha value is -2.44. The van der Waals surface area contributed by atoms with Crippen LogP contribution in [0.2, 0.25) is 0 Å². The third kappa shape index (κ3) is 5.09. The van der Waals surface area contributed by atoms with Crippen LogP contribution in [0.1, 0.15) is 30.9 Å². The zero-order chi connectivity index (χ0) is 20.1. The second-order valence-electron chi connectivity index (χ2n) is 7.34. The lowest BCUT2D eigenvalue weighted by atomic mass is 10.0. The van der Waals surface area contributed by atoms with Crippen LogP contribution in [0.15, 0.2) is 59.5 Å². The second-order valence-corrected chi connectivity index (χ2v) is 9.28. The Balaban J connectivity index is 1.62. The van der Waals surface area contributed by atoms with E-state index in [1.807, 2.05) is 31.2 Å². The maximum Gasteiger partial charge on any atom is 0.248 e. The first-order valence-electron chi connectivity index (χ1n) is 9.50. The Morgan fingerprint density at radius 1 is 1.04 bits per heavy atom. The molecule has 1 saturated heterocycles. The van der Waals surface area contributed by atoms with Crippen LogP contribution < -0.4 is 5.32 Å². The Bertz CT molecular complexity index is 940. The van der Waals surface area contributed by atoms with Crippen LogP contribution in [0.5, 0.6) is 0 Å². The zero-order valence-corrected chi connectivity index (χ0v) is 17.1. The van der Waals surface area contributed by atoms with Crippen molar-refractivity contribution >= 4 is 27.7 Å². The van der Waals surface area contributed by atoms with Gasteiger partial charge in [0.25, 0.3) is 0 Å². The number of rotatable bonds is 5. The fourth-order valence-corrected chi connectivity index (χ4v) is 4.59. The van der Waals surface area contributed by atoms with E-state index < -0.39 is 10.0 Å². The monoisotopic (exact) mass is 398 g/mol. The molecule has 0 aromatic heterocycles. The van der Waals surface area contributed by atoms with Gasteiger partial charge in [-0.05, 0) is 61.6 Å². The number of amides is 1. The molecule has 0 unspecified atom stereocenters. The minimum atomic E-state index is -3.47. The van der Waals surface area contributed by atoms with E-state index in [-0.39, 0.29) is 10.8 Å². The molecule has 0 saturated carbocycles. The van der Waals surface area contributed by atoms with Crippen molar-refractivity contribution in [2.75, 3.05) is 18.4 Å². The lowest BCUT2D eigenvalue weighted by Gasteiger charge is -2.29. The molecule has 3 rings (SSSR count). The van der Waals surface area contributed by atoms with Crippen LogP contribution in [0.3, 0.4) is 0 Å². The highest BCUT2D eigenvalue weighted by Crippen LogP contribution is 2.24. The zero-order valence-electron chi connectivity index (χ0n) is 16.3. The summed E-state index contributed by atoms with van der Waals surface area (Å²) < 4.78 is 27.0. The first-order valence-corrected chi connectivity index (χ1v) is 10.9. The molecule has 28 heavy (non-hydrogen) atoms. The van der Waals surface area contributed by atoms with Gasteiger partial charge in [0.05, 0.1) is 4.90 Å². The van der Waals surface area contributed by atoms with Crippen molar-refractivity contribution in [3.63, 3.8) is 0 Å². The second kappa shape index (κ2) is 8.71. The lowest BCUT2D eigenvalue weighted by molar-refractivity contribution is -0.111. The van der Waals surface area contributed by atoms with Gasteiger partial charge in [0.1, 0.15) is 0 Å². The number of anilines is 1. The number of carbonyl (C=O) groups excluding carboxylic acids is 1. The van der Waals surface area contributed by atoms with Crippen LogP contribution in [-0.4, -0.2) is 31.7 Å². The number of hydrogen-bond donors (Lipinski definition) is 1. The van der Waals surface area contributed by atoms with E-state index in [4.69, 9.17) is 0 Å². The van der Waals surface area contributed by atoms with Crippen LogP contribution in [0, 0.1) is 12.8 Å². The fourth-order valence-electron chi connectivity index (χ4n) is 3.12. The van der Waals surface area contributed by atoms with Gasteiger partial charge >= 0.3 is 0 Å². The van der Waals surface area contributed by atoms with Crippen molar-refractivity contribution in [1.29, 1.82) is 0 Å². The van der Waals surface area contributed by atoms with Gasteiger partial charge in [0.2, 0.25) is 15.9 Å². The molecule has 5 nitrogen and oxygen atoms in total. The number of hydrogen-bond acceptors (Lipinski definition) is 3. The maximum absolute atomic E-state index is 12.7. The van der Waals surface area contributed by atoms with Crippen molar-refractivity contribution in [3.05, 3.63) is 65.7 Å². The molecule has 1 aliphatic rings. The summed E-state index contributed by atoms with van der Waals surface area (Å²) in [6, 6.07) is 14.2. The molecular formula is C22H26N2O3S. The van der Waals surface area contributed by atoms with E-state index >= 15 is 0 Å². The van der Waals surface area contributed by atoms with Gasteiger partial charge in [-0.2, -0.15) is 4.31 Å². The number of carbonyl (C=O) groups is 1. The fraction of sp³-hybridized carbons (Fsp3) is 0.318. The molecule has 1 amide bonds. The number of aryl methyl sites for hydroxylation is 1. The Kier molecular flexibility index (Phi) is 6.31. The normalized spacial score (nSPS) is 16.4. The van der Waals surface area contributed by atoms with Gasteiger partial charge in [0.15, 0.2) is 0 Å². The van der Waals surface area contributed by atoms with E-state index in [2.05, 4.69) is 12.2 Å². The van der Waals surface area contributed by atoms with Gasteiger partial charge in [-0.25, -0.2) is 8.42 Å². The Morgan fingerprint density at radius 2 is 1.64 bits per heavy atom. The van der Waals surface area contributed by atoms with E-state index in [1.165, 1.54) is 6.08 Å². The summed E-state index contributed by atoms with van der Waals surface area (Å²) in [7, 11) is -3.47. The van der Waals surface area contributed by atoms with Crippen molar-refractivity contribution in [2.24, 2.45) is 5.92 Å². The molecule has 0 radical (unpaired) electrons. The minimum absolute atomic E-state index is 0.259. The SMILES string of the molecule is Cc1ccc(/C=C/C(=O)Nc2ccc(S(=O)(=O)N3CCC(C)CC3)cc2)cc1. The average molecular weight is 399 g/mol. The number of nitrogens with zero attached hydrogens (tertiary/aromatic N) is 1. The molecule has 2 aromatic rings. The van der Waals surface area contributed by atoms with Gasteiger partial charge < -0.3 is 5.32 Å². The molecule has 0 aliphatic carbocycles. The number of piperidine rings is 1. The van der Waals surface area contributed by atoms with Gasteiger partial charge in [-0.15, -0.1) is 0 Å². The summed E-state index contributed by atoms with van der Waals surface area (Å²) in [4.78, 5) is 12.3. The quantitative estimate of drug-likeness (QED) is 0.772. The maximum atomic E-state index is 12.7. The van der Waals surface area contributed by atoms with E-state index in [0.29, 0.717) is 24.7 Å². The summed E-state index contributed by atoms with van der Waals surface area (Å²) in [6.07, 6.45) is 4.98. The van der Waals surface area contributed by atoms with Crippen LogP contribution in [0.4, 0.5) is 5.69 Å². The summed E-state index contributed by atoms with van der Waals surface area (Å²) in [5, 5.41) is 2.75. The summed E-state index contributed by atoms with van der Waals surface area (Å²) in [6.45, 7) is 5.28. The molecule has 1 aliphatic heterocycles. The van der Waals surface area contributed by atoms with Gasteiger partial charge in [0, 0.05) is 24.9 Å². The predicted octanol–water partition coefficient (Wildman–Crippen LogP) is 4.07. The first kappa shape index (κ1) is 20.3. The molecule has 0 spiro atoms. The standard InChI is InChI=1S/C22H26N2O3S/c1-17-3-5-19(6-4-17)7-12-22(25)23-20-8-10-21(11-9-20)28(26,27)24-15-13-18(2)14-16-24/h3-12,18H,13-16H2,1-2H3,(H,23,25)/b12-7+. The largest absolute Gasteiger partial charge is 0.323 e.